The van der Waals surface area contributed by atoms with Crippen molar-refractivity contribution < 1.29 is 27.4 Å². The molecular weight excluding hydrogens is 355 g/mol. The number of alkyl halides is 3. The van der Waals surface area contributed by atoms with E-state index in [-0.39, 0.29) is 24.0 Å². The molecule has 0 unspecified atom stereocenters. The molecule has 8 heteroatoms. The van der Waals surface area contributed by atoms with Crippen LogP contribution < -0.4 is 9.47 Å². The highest BCUT2D eigenvalue weighted by atomic mass is 79.9. The van der Waals surface area contributed by atoms with Crippen LogP contribution in [-0.2, 0) is 4.79 Å². The van der Waals surface area contributed by atoms with E-state index >= 15 is 0 Å². The van der Waals surface area contributed by atoms with Crippen LogP contribution in [-0.4, -0.2) is 36.9 Å². The lowest BCUT2D eigenvalue weighted by Gasteiger charge is -2.16. The number of carbonyl (C=O) groups excluding carboxylic acids is 1. The van der Waals surface area contributed by atoms with Gasteiger partial charge in [0.25, 0.3) is 5.91 Å². The predicted molar refractivity (Wildman–Crippen MR) is 72.1 cm³/mol. The van der Waals surface area contributed by atoms with E-state index in [0.717, 1.165) is 38.1 Å². The molecule has 21 heavy (non-hydrogen) atoms. The standard InChI is InChI=1S/C13H13BrF3NO3/c14-10-7-9(21-13(15,16)17)3-4-11(10)20-8-12(19)18-5-1-2-6-18/h3-4,7H,1-2,5-6,8H2. The van der Waals surface area contributed by atoms with Crippen LogP contribution in [0, 0.1) is 0 Å². The van der Waals surface area contributed by atoms with Crippen molar-refractivity contribution in [3.8, 4) is 11.5 Å². The Morgan fingerprint density at radius 3 is 2.52 bits per heavy atom. The number of rotatable bonds is 4. The maximum absolute atomic E-state index is 12.1. The molecule has 116 valence electrons. The van der Waals surface area contributed by atoms with E-state index in [9.17, 15) is 18.0 Å². The zero-order chi connectivity index (χ0) is 15.5. The third kappa shape index (κ3) is 4.80. The van der Waals surface area contributed by atoms with Crippen molar-refractivity contribution in [2.24, 2.45) is 0 Å². The second-order valence-electron chi connectivity index (χ2n) is 4.52. The first-order valence-electron chi connectivity index (χ1n) is 6.31. The maximum atomic E-state index is 12.1. The van der Waals surface area contributed by atoms with E-state index in [2.05, 4.69) is 20.7 Å². The summed E-state index contributed by atoms with van der Waals surface area (Å²) in [4.78, 5) is 13.5. The van der Waals surface area contributed by atoms with Gasteiger partial charge in [-0.3, -0.25) is 4.79 Å². The molecule has 1 aromatic rings. The SMILES string of the molecule is O=C(COc1ccc(OC(F)(F)F)cc1Br)N1CCCC1. The molecule has 0 radical (unpaired) electrons. The number of benzene rings is 1. The van der Waals surface area contributed by atoms with Gasteiger partial charge in [-0.25, -0.2) is 0 Å². The Balaban J connectivity index is 1.93. The van der Waals surface area contributed by atoms with Crippen LogP contribution in [0.2, 0.25) is 0 Å². The number of carbonyl (C=O) groups is 1. The molecule has 1 aliphatic heterocycles. The first kappa shape index (κ1) is 15.9. The maximum Gasteiger partial charge on any atom is 0.573 e. The molecule has 1 heterocycles. The van der Waals surface area contributed by atoms with E-state index < -0.39 is 6.36 Å². The molecular formula is C13H13BrF3NO3. The highest BCUT2D eigenvalue weighted by molar-refractivity contribution is 9.10. The van der Waals surface area contributed by atoms with Crippen LogP contribution in [0.4, 0.5) is 13.2 Å². The smallest absolute Gasteiger partial charge is 0.483 e. The van der Waals surface area contributed by atoms with Gasteiger partial charge in [0, 0.05) is 13.1 Å². The predicted octanol–water partition coefficient (Wildman–Crippen LogP) is 3.35. The third-order valence-electron chi connectivity index (χ3n) is 2.95. The molecule has 0 N–H and O–H groups in total. The van der Waals surface area contributed by atoms with E-state index in [1.165, 1.54) is 6.07 Å². The van der Waals surface area contributed by atoms with E-state index in [1.54, 1.807) is 4.90 Å². The number of halogens is 4. The largest absolute Gasteiger partial charge is 0.573 e. The second kappa shape index (κ2) is 6.55. The summed E-state index contributed by atoms with van der Waals surface area (Å²) < 4.78 is 45.6. The first-order valence-corrected chi connectivity index (χ1v) is 7.10. The fourth-order valence-corrected chi connectivity index (χ4v) is 2.47. The Labute approximate surface area is 127 Å². The lowest BCUT2D eigenvalue weighted by Crippen LogP contribution is -2.32. The van der Waals surface area contributed by atoms with Crippen molar-refractivity contribution in [3.63, 3.8) is 0 Å². The summed E-state index contributed by atoms with van der Waals surface area (Å²) in [5, 5.41) is 0. The van der Waals surface area contributed by atoms with Gasteiger partial charge in [0.05, 0.1) is 4.47 Å². The van der Waals surface area contributed by atoms with Gasteiger partial charge >= 0.3 is 6.36 Å². The second-order valence-corrected chi connectivity index (χ2v) is 5.37. The average Bonchev–Trinajstić information content (AvgIpc) is 2.89. The van der Waals surface area contributed by atoms with Gasteiger partial charge in [-0.15, -0.1) is 13.2 Å². The first-order chi connectivity index (χ1) is 9.85. The highest BCUT2D eigenvalue weighted by Gasteiger charge is 2.31. The average molecular weight is 368 g/mol. The lowest BCUT2D eigenvalue weighted by molar-refractivity contribution is -0.274. The summed E-state index contributed by atoms with van der Waals surface area (Å²) in [6, 6.07) is 3.60. The monoisotopic (exact) mass is 367 g/mol. The van der Waals surface area contributed by atoms with Crippen LogP contribution in [0.25, 0.3) is 0 Å². The molecule has 1 fully saturated rings. The number of hydrogen-bond donors (Lipinski definition) is 0. The van der Waals surface area contributed by atoms with Gasteiger partial charge in [0.15, 0.2) is 6.61 Å². The zero-order valence-electron chi connectivity index (χ0n) is 11.0. The van der Waals surface area contributed by atoms with Crippen molar-refractivity contribution in [1.82, 2.24) is 4.90 Å². The van der Waals surface area contributed by atoms with Crippen molar-refractivity contribution in [2.75, 3.05) is 19.7 Å². The number of likely N-dealkylation sites (tertiary alicyclic amines) is 1. The van der Waals surface area contributed by atoms with E-state index in [0.29, 0.717) is 4.47 Å². The van der Waals surface area contributed by atoms with Gasteiger partial charge in [-0.2, -0.15) is 0 Å². The lowest BCUT2D eigenvalue weighted by atomic mass is 10.3. The molecule has 0 bridgehead atoms. The van der Waals surface area contributed by atoms with Gasteiger partial charge in [0.1, 0.15) is 11.5 Å². The molecule has 1 aromatic carbocycles. The summed E-state index contributed by atoms with van der Waals surface area (Å²) in [5.74, 6) is -0.195. The molecule has 0 aromatic heterocycles. The Hall–Kier alpha value is -1.44. The molecule has 1 aliphatic rings. The quantitative estimate of drug-likeness (QED) is 0.818. The van der Waals surface area contributed by atoms with Crippen LogP contribution in [0.1, 0.15) is 12.8 Å². The summed E-state index contributed by atoms with van der Waals surface area (Å²) in [5.41, 5.74) is 0. The van der Waals surface area contributed by atoms with Gasteiger partial charge < -0.3 is 14.4 Å². The minimum atomic E-state index is -4.74. The summed E-state index contributed by atoms with van der Waals surface area (Å²) >= 11 is 3.09. The number of hydrogen-bond acceptors (Lipinski definition) is 3. The van der Waals surface area contributed by atoms with E-state index in [4.69, 9.17) is 4.74 Å². The van der Waals surface area contributed by atoms with Crippen LogP contribution in [0.15, 0.2) is 22.7 Å². The van der Waals surface area contributed by atoms with Crippen molar-refractivity contribution in [1.29, 1.82) is 0 Å². The highest BCUT2D eigenvalue weighted by Crippen LogP contribution is 2.32. The van der Waals surface area contributed by atoms with Crippen molar-refractivity contribution in [2.45, 2.75) is 19.2 Å². The Bertz CT molecular complexity index is 516. The Morgan fingerprint density at radius 1 is 1.29 bits per heavy atom. The molecule has 0 spiro atoms. The van der Waals surface area contributed by atoms with Crippen molar-refractivity contribution >= 4 is 21.8 Å². The Kier molecular flexibility index (Phi) is 4.97. The normalized spacial score (nSPS) is 15.1. The van der Waals surface area contributed by atoms with Crippen LogP contribution >= 0.6 is 15.9 Å². The van der Waals surface area contributed by atoms with Crippen molar-refractivity contribution in [3.05, 3.63) is 22.7 Å². The topological polar surface area (TPSA) is 38.8 Å². The summed E-state index contributed by atoms with van der Waals surface area (Å²) in [7, 11) is 0. The molecule has 2 rings (SSSR count). The third-order valence-corrected chi connectivity index (χ3v) is 3.57. The van der Waals surface area contributed by atoms with Gasteiger partial charge in [-0.1, -0.05) is 0 Å². The fourth-order valence-electron chi connectivity index (χ4n) is 1.99. The number of ether oxygens (including phenoxy) is 2. The Morgan fingerprint density at radius 2 is 1.95 bits per heavy atom. The molecule has 0 aliphatic carbocycles. The van der Waals surface area contributed by atoms with Gasteiger partial charge in [-0.05, 0) is 47.0 Å². The molecule has 1 saturated heterocycles. The minimum absolute atomic E-state index is 0.130. The van der Waals surface area contributed by atoms with Crippen LogP contribution in [0.5, 0.6) is 11.5 Å². The molecule has 4 nitrogen and oxygen atoms in total. The van der Waals surface area contributed by atoms with Crippen LogP contribution in [0.3, 0.4) is 0 Å². The molecule has 1 amide bonds. The molecule has 0 saturated carbocycles. The fraction of sp³-hybridized carbons (Fsp3) is 0.462. The number of amides is 1. The summed E-state index contributed by atoms with van der Waals surface area (Å²) in [6.45, 7) is 1.31. The zero-order valence-corrected chi connectivity index (χ0v) is 12.5. The molecule has 0 atom stereocenters. The number of nitrogens with zero attached hydrogens (tertiary/aromatic N) is 1. The van der Waals surface area contributed by atoms with E-state index in [1.807, 2.05) is 0 Å². The minimum Gasteiger partial charge on any atom is -0.483 e. The van der Waals surface area contributed by atoms with Gasteiger partial charge in [0.2, 0.25) is 0 Å². The summed E-state index contributed by atoms with van der Waals surface area (Å²) in [6.07, 6.45) is -2.77.